The van der Waals surface area contributed by atoms with Crippen molar-refractivity contribution in [3.8, 4) is 11.5 Å². The van der Waals surface area contributed by atoms with Gasteiger partial charge in [-0.3, -0.25) is 4.79 Å². The van der Waals surface area contributed by atoms with Gasteiger partial charge in [0.1, 0.15) is 11.6 Å². The molecule has 0 atom stereocenters. The minimum Gasteiger partial charge on any atom is -0.469 e. The van der Waals surface area contributed by atoms with Crippen LogP contribution in [0.4, 0.5) is 5.82 Å². The molecule has 0 bridgehead atoms. The number of nitrogens with zero attached hydrogens (tertiary/aromatic N) is 3. The summed E-state index contributed by atoms with van der Waals surface area (Å²) in [5.41, 5.74) is 1.42. The number of oxazole rings is 1. The van der Waals surface area contributed by atoms with E-state index in [1.165, 1.54) is 32.8 Å². The van der Waals surface area contributed by atoms with Gasteiger partial charge in [-0.2, -0.15) is 0 Å². The molecule has 6 nitrogen and oxygen atoms in total. The van der Waals surface area contributed by atoms with Gasteiger partial charge in [0.2, 0.25) is 5.89 Å². The third kappa shape index (κ3) is 3.75. The smallest absolute Gasteiger partial charge is 0.311 e. The number of ether oxygens (including phenoxy) is 1. The van der Waals surface area contributed by atoms with Gasteiger partial charge in [-0.05, 0) is 31.9 Å². The molecular formula is C18H23N3O3. The molecule has 128 valence electrons. The molecule has 0 saturated carbocycles. The van der Waals surface area contributed by atoms with Crippen molar-refractivity contribution in [2.75, 3.05) is 25.1 Å². The molecule has 0 aliphatic carbocycles. The number of carbonyl (C=O) groups is 1. The first-order valence-electron chi connectivity index (χ1n) is 8.42. The summed E-state index contributed by atoms with van der Waals surface area (Å²) >= 11 is 0. The van der Waals surface area contributed by atoms with E-state index >= 15 is 0 Å². The number of pyridine rings is 1. The van der Waals surface area contributed by atoms with E-state index in [2.05, 4.69) is 19.6 Å². The fraction of sp³-hybridized carbons (Fsp3) is 0.500. The minimum absolute atomic E-state index is 0.116. The number of aryl methyl sites for hydroxylation is 1. The molecule has 0 radical (unpaired) electrons. The van der Waals surface area contributed by atoms with Crippen molar-refractivity contribution in [1.29, 1.82) is 0 Å². The summed E-state index contributed by atoms with van der Waals surface area (Å²) in [5, 5.41) is 0. The van der Waals surface area contributed by atoms with Crippen LogP contribution in [-0.2, 0) is 16.0 Å². The summed E-state index contributed by atoms with van der Waals surface area (Å²) in [6.45, 7) is 3.93. The molecule has 6 heteroatoms. The van der Waals surface area contributed by atoms with E-state index in [0.717, 1.165) is 24.5 Å². The van der Waals surface area contributed by atoms with Crippen LogP contribution in [0.3, 0.4) is 0 Å². The highest BCUT2D eigenvalue weighted by molar-refractivity contribution is 5.72. The second-order valence-corrected chi connectivity index (χ2v) is 6.08. The zero-order valence-electron chi connectivity index (χ0n) is 14.2. The molecule has 24 heavy (non-hydrogen) atoms. The van der Waals surface area contributed by atoms with Crippen molar-refractivity contribution < 1.29 is 13.9 Å². The summed E-state index contributed by atoms with van der Waals surface area (Å²) < 4.78 is 10.4. The zero-order chi connectivity index (χ0) is 16.9. The average Bonchev–Trinajstić information content (AvgIpc) is 2.80. The first-order valence-corrected chi connectivity index (χ1v) is 8.42. The Hall–Kier alpha value is -2.37. The van der Waals surface area contributed by atoms with E-state index < -0.39 is 0 Å². The highest BCUT2D eigenvalue weighted by atomic mass is 16.5. The highest BCUT2D eigenvalue weighted by Crippen LogP contribution is 2.24. The van der Waals surface area contributed by atoms with Crippen LogP contribution in [0.5, 0.6) is 0 Å². The Morgan fingerprint density at radius 2 is 2.00 bits per heavy atom. The van der Waals surface area contributed by atoms with Gasteiger partial charge < -0.3 is 14.1 Å². The Bertz CT molecular complexity index is 686. The first-order chi connectivity index (χ1) is 11.7. The Labute approximate surface area is 141 Å². The molecule has 0 unspecified atom stereocenters. The number of hydrogen-bond acceptors (Lipinski definition) is 6. The topological polar surface area (TPSA) is 68.5 Å². The minimum atomic E-state index is -0.326. The largest absolute Gasteiger partial charge is 0.469 e. The fourth-order valence-corrected chi connectivity index (χ4v) is 2.92. The molecule has 1 fully saturated rings. The van der Waals surface area contributed by atoms with Crippen LogP contribution in [0.2, 0.25) is 0 Å². The fourth-order valence-electron chi connectivity index (χ4n) is 2.92. The Kier molecular flexibility index (Phi) is 5.13. The first kappa shape index (κ1) is 16.5. The van der Waals surface area contributed by atoms with Crippen LogP contribution in [-0.4, -0.2) is 36.1 Å². The van der Waals surface area contributed by atoms with Crippen molar-refractivity contribution in [2.24, 2.45) is 0 Å². The van der Waals surface area contributed by atoms with E-state index in [0.29, 0.717) is 17.3 Å². The maximum absolute atomic E-state index is 11.4. The molecule has 0 spiro atoms. The number of methoxy groups -OCH3 is 1. The lowest BCUT2D eigenvalue weighted by Crippen LogP contribution is -2.24. The molecular weight excluding hydrogens is 306 g/mol. The van der Waals surface area contributed by atoms with E-state index in [-0.39, 0.29) is 12.4 Å². The van der Waals surface area contributed by atoms with Gasteiger partial charge in [0.15, 0.2) is 0 Å². The number of carbonyl (C=O) groups excluding carboxylic acids is 1. The molecule has 1 aliphatic rings. The predicted molar refractivity (Wildman–Crippen MR) is 90.9 cm³/mol. The van der Waals surface area contributed by atoms with Crippen LogP contribution in [0, 0.1) is 6.92 Å². The predicted octanol–water partition coefficient (Wildman–Crippen LogP) is 3.14. The van der Waals surface area contributed by atoms with Crippen LogP contribution in [0.1, 0.15) is 37.1 Å². The quantitative estimate of drug-likeness (QED) is 0.803. The molecule has 2 aromatic rings. The Morgan fingerprint density at radius 1 is 1.25 bits per heavy atom. The number of hydrogen-bond donors (Lipinski definition) is 0. The van der Waals surface area contributed by atoms with Crippen molar-refractivity contribution in [1.82, 2.24) is 9.97 Å². The maximum atomic E-state index is 11.4. The lowest BCUT2D eigenvalue weighted by molar-refractivity contribution is -0.139. The number of anilines is 1. The molecule has 0 N–H and O–H groups in total. The molecule has 1 aliphatic heterocycles. The standard InChI is InChI=1S/C18H23N3O3/c1-13-15(11-17(22)23-2)20-18(24-13)14-7-8-16(19-12-14)21-9-5-3-4-6-10-21/h7-8,12H,3-6,9-11H2,1-2H3. The number of esters is 1. The summed E-state index contributed by atoms with van der Waals surface area (Å²) in [5.74, 6) is 1.79. The van der Waals surface area contributed by atoms with E-state index in [1.807, 2.05) is 12.1 Å². The molecule has 2 aromatic heterocycles. The second kappa shape index (κ2) is 7.47. The number of rotatable bonds is 4. The molecule has 3 heterocycles. The molecule has 0 aromatic carbocycles. The Balaban J connectivity index is 1.75. The van der Waals surface area contributed by atoms with Crippen molar-refractivity contribution in [3.63, 3.8) is 0 Å². The summed E-state index contributed by atoms with van der Waals surface area (Å²) in [4.78, 5) is 22.7. The van der Waals surface area contributed by atoms with Gasteiger partial charge in [-0.1, -0.05) is 12.8 Å². The Morgan fingerprint density at radius 3 is 2.62 bits per heavy atom. The normalized spacial score (nSPS) is 15.2. The second-order valence-electron chi connectivity index (χ2n) is 6.08. The van der Waals surface area contributed by atoms with Gasteiger partial charge in [-0.25, -0.2) is 9.97 Å². The van der Waals surface area contributed by atoms with E-state index in [1.54, 1.807) is 13.1 Å². The van der Waals surface area contributed by atoms with Crippen LogP contribution < -0.4 is 4.90 Å². The van der Waals surface area contributed by atoms with Crippen molar-refractivity contribution in [2.45, 2.75) is 39.0 Å². The third-order valence-corrected chi connectivity index (χ3v) is 4.36. The third-order valence-electron chi connectivity index (χ3n) is 4.36. The summed E-state index contributed by atoms with van der Waals surface area (Å²) in [7, 11) is 1.37. The lowest BCUT2D eigenvalue weighted by atomic mass is 10.2. The van der Waals surface area contributed by atoms with Gasteiger partial charge in [0.05, 0.1) is 24.8 Å². The van der Waals surface area contributed by atoms with Crippen LogP contribution in [0.25, 0.3) is 11.5 Å². The molecule has 0 amide bonds. The SMILES string of the molecule is COC(=O)Cc1nc(-c2ccc(N3CCCCCC3)nc2)oc1C. The van der Waals surface area contributed by atoms with Gasteiger partial charge in [-0.15, -0.1) is 0 Å². The van der Waals surface area contributed by atoms with Gasteiger partial charge >= 0.3 is 5.97 Å². The van der Waals surface area contributed by atoms with Crippen molar-refractivity contribution >= 4 is 11.8 Å². The molecule has 1 saturated heterocycles. The average molecular weight is 329 g/mol. The lowest BCUT2D eigenvalue weighted by Gasteiger charge is -2.21. The van der Waals surface area contributed by atoms with Crippen LogP contribution >= 0.6 is 0 Å². The highest BCUT2D eigenvalue weighted by Gasteiger charge is 2.16. The monoisotopic (exact) mass is 329 g/mol. The maximum Gasteiger partial charge on any atom is 0.311 e. The van der Waals surface area contributed by atoms with Crippen molar-refractivity contribution in [3.05, 3.63) is 29.8 Å². The molecule has 3 rings (SSSR count). The summed E-state index contributed by atoms with van der Waals surface area (Å²) in [6, 6.07) is 3.99. The van der Waals surface area contributed by atoms with E-state index in [9.17, 15) is 4.79 Å². The van der Waals surface area contributed by atoms with Crippen LogP contribution in [0.15, 0.2) is 22.7 Å². The number of aromatic nitrogens is 2. The van der Waals surface area contributed by atoms with Gasteiger partial charge in [0.25, 0.3) is 0 Å². The van der Waals surface area contributed by atoms with Gasteiger partial charge in [0, 0.05) is 19.3 Å². The summed E-state index contributed by atoms with van der Waals surface area (Å²) in [6.07, 6.45) is 6.94. The zero-order valence-corrected chi connectivity index (χ0v) is 14.2. The van der Waals surface area contributed by atoms with E-state index in [4.69, 9.17) is 4.42 Å².